The Balaban J connectivity index is 2.28. The average molecular weight is 229 g/mol. The van der Waals surface area contributed by atoms with Crippen LogP contribution in [0.25, 0.3) is 0 Å². The van der Waals surface area contributed by atoms with Crippen molar-refractivity contribution in [2.24, 2.45) is 0 Å². The molecule has 5 nitrogen and oxygen atoms in total. The molecule has 1 aliphatic heterocycles. The van der Waals surface area contributed by atoms with E-state index in [4.69, 9.17) is 9.47 Å². The molecule has 0 radical (unpaired) electrons. The lowest BCUT2D eigenvalue weighted by molar-refractivity contribution is -0.156. The van der Waals surface area contributed by atoms with Crippen molar-refractivity contribution in [2.75, 3.05) is 26.3 Å². The number of esters is 1. The third kappa shape index (κ3) is 4.61. The first-order valence-corrected chi connectivity index (χ1v) is 5.46. The fraction of sp³-hybridized carbons (Fsp3) is 0.818. The first kappa shape index (κ1) is 13.0. The van der Waals surface area contributed by atoms with E-state index < -0.39 is 5.60 Å². The third-order valence-electron chi connectivity index (χ3n) is 2.09. The van der Waals surface area contributed by atoms with Gasteiger partial charge in [0.05, 0.1) is 13.0 Å². The Morgan fingerprint density at radius 2 is 2.19 bits per heavy atom. The first-order chi connectivity index (χ1) is 7.38. The van der Waals surface area contributed by atoms with E-state index in [-0.39, 0.29) is 24.9 Å². The molecule has 0 saturated carbocycles. The summed E-state index contributed by atoms with van der Waals surface area (Å²) in [6.45, 7) is 7.10. The molecule has 0 aromatic heterocycles. The molecule has 1 aliphatic rings. The van der Waals surface area contributed by atoms with E-state index in [2.05, 4.69) is 0 Å². The molecule has 0 bridgehead atoms. The number of hydrogen-bond acceptors (Lipinski definition) is 4. The van der Waals surface area contributed by atoms with Crippen molar-refractivity contribution in [3.05, 3.63) is 0 Å². The molecule has 0 atom stereocenters. The second kappa shape index (κ2) is 5.30. The lowest BCUT2D eigenvalue weighted by Gasteiger charge is -2.27. The Morgan fingerprint density at radius 1 is 1.50 bits per heavy atom. The normalized spacial score (nSPS) is 17.4. The van der Waals surface area contributed by atoms with Gasteiger partial charge in [0.2, 0.25) is 5.91 Å². The molecule has 0 aromatic rings. The van der Waals surface area contributed by atoms with Crippen LogP contribution in [0.4, 0.5) is 0 Å². The lowest BCUT2D eigenvalue weighted by Crippen LogP contribution is -2.42. The van der Waals surface area contributed by atoms with Gasteiger partial charge in [0.25, 0.3) is 0 Å². The predicted molar refractivity (Wildman–Crippen MR) is 57.9 cm³/mol. The van der Waals surface area contributed by atoms with Crippen LogP contribution in [-0.2, 0) is 19.1 Å². The van der Waals surface area contributed by atoms with Crippen molar-refractivity contribution in [1.29, 1.82) is 0 Å². The van der Waals surface area contributed by atoms with Crippen molar-refractivity contribution in [3.63, 3.8) is 0 Å². The second-order valence-corrected chi connectivity index (χ2v) is 4.77. The highest BCUT2D eigenvalue weighted by Gasteiger charge is 2.21. The quantitative estimate of drug-likeness (QED) is 0.664. The molecule has 0 unspecified atom stereocenters. The average Bonchev–Trinajstić information content (AvgIpc) is 2.14. The summed E-state index contributed by atoms with van der Waals surface area (Å²) < 4.78 is 10.1. The van der Waals surface area contributed by atoms with Gasteiger partial charge in [0.15, 0.2) is 0 Å². The zero-order valence-electron chi connectivity index (χ0n) is 10.1. The van der Waals surface area contributed by atoms with Crippen LogP contribution in [0.2, 0.25) is 0 Å². The molecule has 1 saturated heterocycles. The standard InChI is InChI=1S/C11H19NO4/c1-11(2,3)16-10(14)4-5-12-6-7-15-8-9(12)13/h4-8H2,1-3H3. The molecular weight excluding hydrogens is 210 g/mol. The van der Waals surface area contributed by atoms with Crippen LogP contribution in [0.1, 0.15) is 27.2 Å². The smallest absolute Gasteiger partial charge is 0.308 e. The molecule has 0 spiro atoms. The molecule has 16 heavy (non-hydrogen) atoms. The molecule has 1 fully saturated rings. The highest BCUT2D eigenvalue weighted by atomic mass is 16.6. The van der Waals surface area contributed by atoms with Crippen molar-refractivity contribution < 1.29 is 19.1 Å². The zero-order valence-corrected chi connectivity index (χ0v) is 10.1. The minimum atomic E-state index is -0.466. The summed E-state index contributed by atoms with van der Waals surface area (Å²) >= 11 is 0. The van der Waals surface area contributed by atoms with E-state index in [1.807, 2.05) is 20.8 Å². The van der Waals surface area contributed by atoms with Gasteiger partial charge in [-0.25, -0.2) is 0 Å². The maximum absolute atomic E-state index is 11.4. The summed E-state index contributed by atoms with van der Waals surface area (Å²) in [5.41, 5.74) is -0.466. The zero-order chi connectivity index (χ0) is 12.2. The molecule has 1 amide bonds. The van der Waals surface area contributed by atoms with Gasteiger partial charge in [0.1, 0.15) is 12.2 Å². The fourth-order valence-corrected chi connectivity index (χ4v) is 1.41. The summed E-state index contributed by atoms with van der Waals surface area (Å²) in [6.07, 6.45) is 0.239. The van der Waals surface area contributed by atoms with Gasteiger partial charge in [-0.1, -0.05) is 0 Å². The Labute approximate surface area is 95.7 Å². The number of carbonyl (C=O) groups excluding carboxylic acids is 2. The van der Waals surface area contributed by atoms with Gasteiger partial charge >= 0.3 is 5.97 Å². The molecule has 1 rings (SSSR count). The van der Waals surface area contributed by atoms with Crippen LogP contribution in [-0.4, -0.2) is 48.7 Å². The molecule has 0 aliphatic carbocycles. The number of amides is 1. The largest absolute Gasteiger partial charge is 0.460 e. The number of hydrogen-bond donors (Lipinski definition) is 0. The van der Waals surface area contributed by atoms with Gasteiger partial charge in [-0.3, -0.25) is 9.59 Å². The van der Waals surface area contributed by atoms with E-state index in [1.54, 1.807) is 4.90 Å². The van der Waals surface area contributed by atoms with E-state index in [0.29, 0.717) is 19.7 Å². The molecule has 0 N–H and O–H groups in total. The number of nitrogens with zero attached hydrogens (tertiary/aromatic N) is 1. The highest BCUT2D eigenvalue weighted by molar-refractivity contribution is 5.78. The maximum atomic E-state index is 11.4. The van der Waals surface area contributed by atoms with Crippen LogP contribution in [0, 0.1) is 0 Å². The molecule has 92 valence electrons. The minimum Gasteiger partial charge on any atom is -0.460 e. The van der Waals surface area contributed by atoms with Crippen molar-refractivity contribution in [1.82, 2.24) is 4.90 Å². The molecule has 1 heterocycles. The Morgan fingerprint density at radius 3 is 2.75 bits per heavy atom. The van der Waals surface area contributed by atoms with Crippen LogP contribution >= 0.6 is 0 Å². The van der Waals surface area contributed by atoms with Gasteiger partial charge in [-0.15, -0.1) is 0 Å². The van der Waals surface area contributed by atoms with Crippen LogP contribution in [0.3, 0.4) is 0 Å². The van der Waals surface area contributed by atoms with Crippen LogP contribution in [0.5, 0.6) is 0 Å². The Kier molecular flexibility index (Phi) is 4.29. The lowest BCUT2D eigenvalue weighted by atomic mass is 10.2. The summed E-state index contributed by atoms with van der Waals surface area (Å²) in [7, 11) is 0. The van der Waals surface area contributed by atoms with E-state index >= 15 is 0 Å². The monoisotopic (exact) mass is 229 g/mol. The predicted octanol–water partition coefficient (Wildman–Crippen LogP) is 0.577. The van der Waals surface area contributed by atoms with Gasteiger partial charge < -0.3 is 14.4 Å². The van der Waals surface area contributed by atoms with Crippen LogP contribution < -0.4 is 0 Å². The first-order valence-electron chi connectivity index (χ1n) is 5.46. The summed E-state index contributed by atoms with van der Waals surface area (Å²) in [4.78, 5) is 24.4. The van der Waals surface area contributed by atoms with Crippen LogP contribution in [0.15, 0.2) is 0 Å². The topological polar surface area (TPSA) is 55.8 Å². The summed E-state index contributed by atoms with van der Waals surface area (Å²) in [6, 6.07) is 0. The van der Waals surface area contributed by atoms with E-state index in [9.17, 15) is 9.59 Å². The van der Waals surface area contributed by atoms with Crippen molar-refractivity contribution >= 4 is 11.9 Å². The maximum Gasteiger partial charge on any atom is 0.308 e. The Bertz CT molecular complexity index is 270. The summed E-state index contributed by atoms with van der Waals surface area (Å²) in [5, 5.41) is 0. The van der Waals surface area contributed by atoms with Gasteiger partial charge in [-0.05, 0) is 20.8 Å². The number of rotatable bonds is 3. The minimum absolute atomic E-state index is 0.0604. The van der Waals surface area contributed by atoms with E-state index in [1.165, 1.54) is 0 Å². The fourth-order valence-electron chi connectivity index (χ4n) is 1.41. The number of morpholine rings is 1. The van der Waals surface area contributed by atoms with Gasteiger partial charge in [0, 0.05) is 13.1 Å². The van der Waals surface area contributed by atoms with Gasteiger partial charge in [-0.2, -0.15) is 0 Å². The summed E-state index contributed by atoms with van der Waals surface area (Å²) in [5.74, 6) is -0.332. The Hall–Kier alpha value is -1.10. The molecular formula is C11H19NO4. The van der Waals surface area contributed by atoms with Crippen molar-refractivity contribution in [3.8, 4) is 0 Å². The third-order valence-corrected chi connectivity index (χ3v) is 2.09. The second-order valence-electron chi connectivity index (χ2n) is 4.77. The number of carbonyl (C=O) groups is 2. The molecule has 0 aromatic carbocycles. The number of ether oxygens (including phenoxy) is 2. The SMILES string of the molecule is CC(C)(C)OC(=O)CCN1CCOCC1=O. The highest BCUT2D eigenvalue weighted by Crippen LogP contribution is 2.09. The molecule has 5 heteroatoms. The van der Waals surface area contributed by atoms with E-state index in [0.717, 1.165) is 0 Å². The van der Waals surface area contributed by atoms with Crippen molar-refractivity contribution in [2.45, 2.75) is 32.8 Å².